The van der Waals surface area contributed by atoms with Crippen molar-refractivity contribution >= 4 is 28.2 Å². The predicted molar refractivity (Wildman–Crippen MR) is 112 cm³/mol. The van der Waals surface area contributed by atoms with Gasteiger partial charge in [0.1, 0.15) is 5.41 Å². The van der Waals surface area contributed by atoms with Gasteiger partial charge in [0.15, 0.2) is 0 Å². The Balaban J connectivity index is 1.80. The number of benzene rings is 1. The van der Waals surface area contributed by atoms with Gasteiger partial charge in [0, 0.05) is 16.7 Å². The molecule has 3 aromatic rings. The van der Waals surface area contributed by atoms with Crippen LogP contribution in [0.25, 0.3) is 10.9 Å². The summed E-state index contributed by atoms with van der Waals surface area (Å²) in [5, 5.41) is 13.3. The Kier molecular flexibility index (Phi) is 6.78. The van der Waals surface area contributed by atoms with Crippen molar-refractivity contribution in [3.63, 3.8) is 0 Å². The fraction of sp³-hybridized carbons (Fsp3) is 0.348. The van der Waals surface area contributed by atoms with E-state index in [1.165, 1.54) is 0 Å². The van der Waals surface area contributed by atoms with Gasteiger partial charge >= 0.3 is 5.97 Å². The van der Waals surface area contributed by atoms with Crippen LogP contribution in [-0.4, -0.2) is 17.6 Å². The molecule has 0 aliphatic carbocycles. The minimum Gasteiger partial charge on any atom is -0.466 e. The van der Waals surface area contributed by atoms with Crippen molar-refractivity contribution in [1.82, 2.24) is 4.98 Å². The summed E-state index contributed by atoms with van der Waals surface area (Å²) >= 11 is 1.59. The fourth-order valence-corrected chi connectivity index (χ4v) is 4.35. The summed E-state index contributed by atoms with van der Waals surface area (Å²) in [7, 11) is 0. The van der Waals surface area contributed by atoms with E-state index in [1.807, 2.05) is 60.8 Å². The van der Waals surface area contributed by atoms with E-state index in [9.17, 15) is 10.1 Å². The number of ether oxygens (including phenoxy) is 1. The third-order valence-corrected chi connectivity index (χ3v) is 5.94. The van der Waals surface area contributed by atoms with Crippen LogP contribution in [0, 0.1) is 11.3 Å². The van der Waals surface area contributed by atoms with E-state index < -0.39 is 5.41 Å². The highest BCUT2D eigenvalue weighted by Crippen LogP contribution is 2.39. The minimum atomic E-state index is -0.762. The first-order valence-corrected chi connectivity index (χ1v) is 10.5. The van der Waals surface area contributed by atoms with E-state index in [2.05, 4.69) is 6.07 Å². The molecule has 0 N–H and O–H groups in total. The molecule has 0 spiro atoms. The normalized spacial score (nSPS) is 13.0. The van der Waals surface area contributed by atoms with Crippen LogP contribution >= 0.6 is 11.3 Å². The lowest BCUT2D eigenvalue weighted by Crippen LogP contribution is -2.26. The zero-order valence-corrected chi connectivity index (χ0v) is 16.9. The first-order chi connectivity index (χ1) is 13.7. The molecule has 0 saturated carbocycles. The van der Waals surface area contributed by atoms with Gasteiger partial charge in [-0.25, -0.2) is 0 Å². The number of unbranched alkanes of at least 4 members (excludes halogenated alkanes) is 2. The number of nitriles is 1. The number of esters is 1. The number of para-hydroxylation sites is 1. The highest BCUT2D eigenvalue weighted by Gasteiger charge is 2.36. The molecule has 0 bridgehead atoms. The first-order valence-electron chi connectivity index (χ1n) is 9.67. The predicted octanol–water partition coefficient (Wildman–Crippen LogP) is 5.62. The van der Waals surface area contributed by atoms with Crippen LogP contribution in [0.1, 0.15) is 49.6 Å². The molecule has 0 aliphatic rings. The Morgan fingerprint density at radius 3 is 2.75 bits per heavy atom. The maximum Gasteiger partial charge on any atom is 0.305 e. The molecule has 1 unspecified atom stereocenters. The monoisotopic (exact) mass is 392 g/mol. The summed E-state index contributed by atoms with van der Waals surface area (Å²) < 4.78 is 4.98. The van der Waals surface area contributed by atoms with Gasteiger partial charge in [-0.05, 0) is 43.3 Å². The molecule has 144 valence electrons. The van der Waals surface area contributed by atoms with Crippen LogP contribution in [0.15, 0.2) is 53.9 Å². The van der Waals surface area contributed by atoms with E-state index in [4.69, 9.17) is 9.72 Å². The topological polar surface area (TPSA) is 63.0 Å². The zero-order valence-electron chi connectivity index (χ0n) is 16.1. The van der Waals surface area contributed by atoms with Crippen LogP contribution in [-0.2, 0) is 14.9 Å². The van der Waals surface area contributed by atoms with Gasteiger partial charge in [0.25, 0.3) is 0 Å². The summed E-state index contributed by atoms with van der Waals surface area (Å²) in [6, 6.07) is 18.6. The maximum absolute atomic E-state index is 11.5. The van der Waals surface area contributed by atoms with Crippen LogP contribution in [0.2, 0.25) is 0 Å². The molecular weight excluding hydrogens is 368 g/mol. The molecule has 0 amide bonds. The number of hydrogen-bond acceptors (Lipinski definition) is 5. The molecular formula is C23H24N2O2S. The molecule has 1 atom stereocenters. The zero-order chi connectivity index (χ0) is 19.8. The highest BCUT2D eigenvalue weighted by atomic mass is 32.1. The second-order valence-corrected chi connectivity index (χ2v) is 7.70. The van der Waals surface area contributed by atoms with Gasteiger partial charge in [0.2, 0.25) is 0 Å². The van der Waals surface area contributed by atoms with E-state index in [-0.39, 0.29) is 5.97 Å². The van der Waals surface area contributed by atoms with Crippen molar-refractivity contribution in [2.24, 2.45) is 0 Å². The van der Waals surface area contributed by atoms with Crippen LogP contribution in [0.4, 0.5) is 0 Å². The summed E-state index contributed by atoms with van der Waals surface area (Å²) in [5.74, 6) is -0.150. The van der Waals surface area contributed by atoms with Crippen molar-refractivity contribution < 1.29 is 9.53 Å². The molecule has 2 aromatic heterocycles. The van der Waals surface area contributed by atoms with E-state index in [0.29, 0.717) is 19.4 Å². The molecule has 4 nitrogen and oxygen atoms in total. The molecule has 5 heteroatoms. The Hall–Kier alpha value is -2.71. The van der Waals surface area contributed by atoms with E-state index >= 15 is 0 Å². The molecule has 0 radical (unpaired) electrons. The average molecular weight is 393 g/mol. The molecule has 0 saturated heterocycles. The SMILES string of the molecule is CCOC(=O)CCCCCC(C#N)(c1ccc2ccccc2n1)c1cccs1. The van der Waals surface area contributed by atoms with Gasteiger partial charge in [-0.15, -0.1) is 11.3 Å². The highest BCUT2D eigenvalue weighted by molar-refractivity contribution is 7.10. The average Bonchev–Trinajstić information content (AvgIpc) is 3.26. The van der Waals surface area contributed by atoms with Gasteiger partial charge in [-0.3, -0.25) is 9.78 Å². The number of rotatable bonds is 9. The summed E-state index contributed by atoms with van der Waals surface area (Å²) in [6.07, 6.45) is 3.61. The van der Waals surface area contributed by atoms with Crippen LogP contribution < -0.4 is 0 Å². The van der Waals surface area contributed by atoms with Crippen LogP contribution in [0.5, 0.6) is 0 Å². The molecule has 28 heavy (non-hydrogen) atoms. The maximum atomic E-state index is 11.5. The van der Waals surface area contributed by atoms with Gasteiger partial charge in [-0.1, -0.05) is 43.2 Å². The number of carbonyl (C=O) groups excluding carboxylic acids is 1. The molecule has 3 rings (SSSR count). The third kappa shape index (κ3) is 4.40. The van der Waals surface area contributed by atoms with E-state index in [0.717, 1.165) is 40.7 Å². The lowest BCUT2D eigenvalue weighted by atomic mass is 9.78. The lowest BCUT2D eigenvalue weighted by molar-refractivity contribution is -0.143. The third-order valence-electron chi connectivity index (χ3n) is 4.91. The van der Waals surface area contributed by atoms with Crippen molar-refractivity contribution in [2.45, 2.75) is 44.4 Å². The summed E-state index contributed by atoms with van der Waals surface area (Å²) in [5.41, 5.74) is 0.933. The van der Waals surface area contributed by atoms with Gasteiger partial charge < -0.3 is 4.74 Å². The number of carbonyl (C=O) groups is 1. The second kappa shape index (κ2) is 9.48. The minimum absolute atomic E-state index is 0.150. The fourth-order valence-electron chi connectivity index (χ4n) is 3.44. The Bertz CT molecular complexity index is 962. The number of thiophene rings is 1. The van der Waals surface area contributed by atoms with Crippen molar-refractivity contribution in [1.29, 1.82) is 5.26 Å². The Morgan fingerprint density at radius 2 is 2.00 bits per heavy atom. The first kappa shape index (κ1) is 20.0. The van der Waals surface area contributed by atoms with Crippen LogP contribution in [0.3, 0.4) is 0 Å². The van der Waals surface area contributed by atoms with Crippen molar-refractivity contribution in [2.75, 3.05) is 6.61 Å². The number of nitrogens with zero attached hydrogens (tertiary/aromatic N) is 2. The molecule has 0 fully saturated rings. The number of pyridine rings is 1. The molecule has 2 heterocycles. The van der Waals surface area contributed by atoms with Gasteiger partial charge in [-0.2, -0.15) is 5.26 Å². The second-order valence-electron chi connectivity index (χ2n) is 6.75. The Labute approximate surface area is 169 Å². The van der Waals surface area contributed by atoms with E-state index in [1.54, 1.807) is 11.3 Å². The quantitative estimate of drug-likeness (QED) is 0.350. The largest absolute Gasteiger partial charge is 0.466 e. The van der Waals surface area contributed by atoms with Crippen molar-refractivity contribution in [3.8, 4) is 6.07 Å². The molecule has 0 aliphatic heterocycles. The summed E-state index contributed by atoms with van der Waals surface area (Å²) in [6.45, 7) is 2.24. The number of hydrogen-bond donors (Lipinski definition) is 0. The standard InChI is InChI=1S/C23H24N2O2S/c1-2-27-22(26)12-4-3-7-15-23(17-24,21-11-8-16-28-21)20-14-13-18-9-5-6-10-19(18)25-20/h5-6,8-11,13-14,16H,2-4,7,12,15H2,1H3. The summed E-state index contributed by atoms with van der Waals surface area (Å²) in [4.78, 5) is 17.4. The van der Waals surface area contributed by atoms with Gasteiger partial charge in [0.05, 0.1) is 23.9 Å². The lowest BCUT2D eigenvalue weighted by Gasteiger charge is -2.25. The number of aromatic nitrogens is 1. The Morgan fingerprint density at radius 1 is 1.14 bits per heavy atom. The number of fused-ring (bicyclic) bond motifs is 1. The smallest absolute Gasteiger partial charge is 0.305 e. The van der Waals surface area contributed by atoms with Crippen molar-refractivity contribution in [3.05, 3.63) is 64.5 Å². The molecule has 1 aromatic carbocycles.